The second kappa shape index (κ2) is 4.82. The molecule has 0 fully saturated rings. The lowest BCUT2D eigenvalue weighted by Gasteiger charge is -2.02. The van der Waals surface area contributed by atoms with Gasteiger partial charge in [0.15, 0.2) is 0 Å². The van der Waals surface area contributed by atoms with E-state index in [9.17, 15) is 4.79 Å². The van der Waals surface area contributed by atoms with E-state index in [1.54, 1.807) is 24.4 Å². The van der Waals surface area contributed by atoms with Crippen LogP contribution < -0.4 is 0 Å². The molecule has 4 heteroatoms. The minimum absolute atomic E-state index is 0.309. The SMILES string of the molecule is CCCn1cc(-c2ccccc2C(=O)O)cn1. The number of aromatic carboxylic acids is 1. The fraction of sp³-hybridized carbons (Fsp3) is 0.231. The lowest BCUT2D eigenvalue weighted by molar-refractivity contribution is 0.0697. The van der Waals surface area contributed by atoms with E-state index in [4.69, 9.17) is 5.11 Å². The molecule has 88 valence electrons. The molecular weight excluding hydrogens is 216 g/mol. The van der Waals surface area contributed by atoms with Gasteiger partial charge in [-0.2, -0.15) is 5.10 Å². The van der Waals surface area contributed by atoms with Gasteiger partial charge in [0.05, 0.1) is 11.8 Å². The number of nitrogens with zero attached hydrogens (tertiary/aromatic N) is 2. The minimum atomic E-state index is -0.913. The van der Waals surface area contributed by atoms with E-state index in [1.165, 1.54) is 0 Å². The van der Waals surface area contributed by atoms with Crippen LogP contribution in [0, 0.1) is 0 Å². The van der Waals surface area contributed by atoms with E-state index in [0.717, 1.165) is 18.5 Å². The lowest BCUT2D eigenvalue weighted by atomic mass is 10.0. The van der Waals surface area contributed by atoms with Crippen LogP contribution in [0.1, 0.15) is 23.7 Å². The summed E-state index contributed by atoms with van der Waals surface area (Å²) in [6.07, 6.45) is 4.59. The standard InChI is InChI=1S/C13H14N2O2/c1-2-7-15-9-10(8-14-15)11-5-3-4-6-12(11)13(16)17/h3-6,8-9H,2,7H2,1H3,(H,16,17). The van der Waals surface area contributed by atoms with E-state index < -0.39 is 5.97 Å². The summed E-state index contributed by atoms with van der Waals surface area (Å²) in [4.78, 5) is 11.1. The van der Waals surface area contributed by atoms with Crippen molar-refractivity contribution in [2.24, 2.45) is 0 Å². The van der Waals surface area contributed by atoms with Gasteiger partial charge in [-0.3, -0.25) is 4.68 Å². The maximum Gasteiger partial charge on any atom is 0.336 e. The van der Waals surface area contributed by atoms with E-state index >= 15 is 0 Å². The van der Waals surface area contributed by atoms with Crippen molar-refractivity contribution in [3.05, 3.63) is 42.2 Å². The normalized spacial score (nSPS) is 10.4. The largest absolute Gasteiger partial charge is 0.478 e. The predicted molar refractivity (Wildman–Crippen MR) is 64.9 cm³/mol. The summed E-state index contributed by atoms with van der Waals surface area (Å²) < 4.78 is 1.83. The second-order valence-electron chi connectivity index (χ2n) is 3.84. The smallest absolute Gasteiger partial charge is 0.336 e. The first-order valence-corrected chi connectivity index (χ1v) is 5.57. The van der Waals surface area contributed by atoms with Gasteiger partial charge in [-0.15, -0.1) is 0 Å². The quantitative estimate of drug-likeness (QED) is 0.878. The highest BCUT2D eigenvalue weighted by molar-refractivity contribution is 5.95. The summed E-state index contributed by atoms with van der Waals surface area (Å²) in [5.41, 5.74) is 1.86. The first-order chi connectivity index (χ1) is 8.22. The molecule has 0 radical (unpaired) electrons. The fourth-order valence-electron chi connectivity index (χ4n) is 1.78. The maximum atomic E-state index is 11.1. The van der Waals surface area contributed by atoms with Crippen molar-refractivity contribution in [2.45, 2.75) is 19.9 Å². The molecule has 0 amide bonds. The van der Waals surface area contributed by atoms with Gasteiger partial charge >= 0.3 is 5.97 Å². The molecule has 1 heterocycles. The van der Waals surface area contributed by atoms with Crippen LogP contribution in [0.3, 0.4) is 0 Å². The average Bonchev–Trinajstić information content (AvgIpc) is 2.78. The molecule has 1 aromatic heterocycles. The van der Waals surface area contributed by atoms with Gasteiger partial charge in [-0.25, -0.2) is 4.79 Å². The van der Waals surface area contributed by atoms with Crippen molar-refractivity contribution >= 4 is 5.97 Å². The molecule has 0 aliphatic carbocycles. The molecule has 0 saturated carbocycles. The van der Waals surface area contributed by atoms with Gasteiger partial charge in [-0.05, 0) is 18.1 Å². The molecule has 17 heavy (non-hydrogen) atoms. The third-order valence-corrected chi connectivity index (χ3v) is 2.55. The fourth-order valence-corrected chi connectivity index (χ4v) is 1.78. The van der Waals surface area contributed by atoms with E-state index in [-0.39, 0.29) is 0 Å². The topological polar surface area (TPSA) is 55.1 Å². The third-order valence-electron chi connectivity index (χ3n) is 2.55. The Morgan fingerprint density at radius 3 is 2.88 bits per heavy atom. The number of rotatable bonds is 4. The summed E-state index contributed by atoms with van der Waals surface area (Å²) in [5.74, 6) is -0.913. The Hall–Kier alpha value is -2.10. The molecule has 0 unspecified atom stereocenters. The van der Waals surface area contributed by atoms with Crippen LogP contribution >= 0.6 is 0 Å². The molecular formula is C13H14N2O2. The maximum absolute atomic E-state index is 11.1. The third kappa shape index (κ3) is 2.36. The van der Waals surface area contributed by atoms with Gasteiger partial charge in [0, 0.05) is 18.3 Å². The van der Waals surface area contributed by atoms with Crippen LogP contribution in [0.2, 0.25) is 0 Å². The number of carboxylic acids is 1. The zero-order chi connectivity index (χ0) is 12.3. The van der Waals surface area contributed by atoms with Crippen molar-refractivity contribution in [3.8, 4) is 11.1 Å². The van der Waals surface area contributed by atoms with Gasteiger partial charge in [0.2, 0.25) is 0 Å². The van der Waals surface area contributed by atoms with Gasteiger partial charge in [-0.1, -0.05) is 25.1 Å². The number of benzene rings is 1. The molecule has 0 atom stereocenters. The Morgan fingerprint density at radius 1 is 1.41 bits per heavy atom. The van der Waals surface area contributed by atoms with Crippen LogP contribution in [0.25, 0.3) is 11.1 Å². The van der Waals surface area contributed by atoms with E-state index in [0.29, 0.717) is 11.1 Å². The molecule has 2 rings (SSSR count). The van der Waals surface area contributed by atoms with Crippen molar-refractivity contribution in [1.29, 1.82) is 0 Å². The number of aryl methyl sites for hydroxylation is 1. The van der Waals surface area contributed by atoms with Crippen LogP contribution in [-0.2, 0) is 6.54 Å². The molecule has 0 saturated heterocycles. The molecule has 1 N–H and O–H groups in total. The van der Waals surface area contributed by atoms with Gasteiger partial charge < -0.3 is 5.11 Å². The lowest BCUT2D eigenvalue weighted by Crippen LogP contribution is -1.98. The van der Waals surface area contributed by atoms with Gasteiger partial charge in [0.25, 0.3) is 0 Å². The van der Waals surface area contributed by atoms with E-state index in [1.807, 2.05) is 16.9 Å². The highest BCUT2D eigenvalue weighted by Gasteiger charge is 2.11. The highest BCUT2D eigenvalue weighted by atomic mass is 16.4. The molecule has 2 aromatic rings. The molecule has 0 bridgehead atoms. The van der Waals surface area contributed by atoms with Crippen LogP contribution in [0.5, 0.6) is 0 Å². The number of carbonyl (C=O) groups is 1. The zero-order valence-electron chi connectivity index (χ0n) is 9.63. The van der Waals surface area contributed by atoms with Crippen molar-refractivity contribution in [1.82, 2.24) is 9.78 Å². The first kappa shape index (κ1) is 11.4. The Balaban J connectivity index is 2.41. The summed E-state index contributed by atoms with van der Waals surface area (Å²) in [5, 5.41) is 13.3. The first-order valence-electron chi connectivity index (χ1n) is 5.57. The number of carboxylic acid groups (broad SMARTS) is 1. The van der Waals surface area contributed by atoms with Crippen molar-refractivity contribution in [3.63, 3.8) is 0 Å². The second-order valence-corrected chi connectivity index (χ2v) is 3.84. The van der Waals surface area contributed by atoms with Crippen LogP contribution in [-0.4, -0.2) is 20.9 Å². The van der Waals surface area contributed by atoms with Gasteiger partial charge in [0.1, 0.15) is 0 Å². The molecule has 0 aliphatic rings. The Labute approximate surface area is 99.5 Å². The molecule has 0 aliphatic heterocycles. The monoisotopic (exact) mass is 230 g/mol. The Morgan fingerprint density at radius 2 is 2.18 bits per heavy atom. The summed E-state index contributed by atoms with van der Waals surface area (Å²) in [6, 6.07) is 6.97. The Kier molecular flexibility index (Phi) is 3.23. The van der Waals surface area contributed by atoms with E-state index in [2.05, 4.69) is 12.0 Å². The molecule has 0 spiro atoms. The summed E-state index contributed by atoms with van der Waals surface area (Å²) in [6.45, 7) is 2.92. The van der Waals surface area contributed by atoms with Crippen LogP contribution in [0.4, 0.5) is 0 Å². The highest BCUT2D eigenvalue weighted by Crippen LogP contribution is 2.23. The van der Waals surface area contributed by atoms with Crippen molar-refractivity contribution < 1.29 is 9.90 Å². The van der Waals surface area contributed by atoms with Crippen LogP contribution in [0.15, 0.2) is 36.7 Å². The average molecular weight is 230 g/mol. The summed E-state index contributed by atoms with van der Waals surface area (Å²) >= 11 is 0. The number of hydrogen-bond donors (Lipinski definition) is 1. The molecule has 4 nitrogen and oxygen atoms in total. The molecule has 1 aromatic carbocycles. The Bertz CT molecular complexity index is 532. The zero-order valence-corrected chi connectivity index (χ0v) is 9.63. The van der Waals surface area contributed by atoms with Crippen molar-refractivity contribution in [2.75, 3.05) is 0 Å². The number of hydrogen-bond acceptors (Lipinski definition) is 2. The number of aromatic nitrogens is 2. The minimum Gasteiger partial charge on any atom is -0.478 e. The predicted octanol–water partition coefficient (Wildman–Crippen LogP) is 2.66. The summed E-state index contributed by atoms with van der Waals surface area (Å²) in [7, 11) is 0.